The maximum Gasteiger partial charge on any atom is 0.172 e. The Morgan fingerprint density at radius 3 is 2.76 bits per heavy atom. The Morgan fingerprint density at radius 1 is 1.12 bits per heavy atom. The van der Waals surface area contributed by atoms with Crippen LogP contribution in [0, 0.1) is 0 Å². The second-order valence-corrected chi connectivity index (χ2v) is 4.23. The Kier molecular flexibility index (Phi) is 3.21. The van der Waals surface area contributed by atoms with Gasteiger partial charge in [0, 0.05) is 6.20 Å². The molecule has 4 nitrogen and oxygen atoms in total. The molecule has 0 aromatic carbocycles. The predicted molar refractivity (Wildman–Crippen MR) is 72.3 cm³/mol. The monoisotopic (exact) mass is 264 g/mol. The zero-order valence-electron chi connectivity index (χ0n) is 8.70. The number of pyridine rings is 1. The number of nitrogens with two attached hydrogens (primary N) is 1. The minimum absolute atomic E-state index is 0. The number of fused-ring (bicyclic) bond motifs is 1. The summed E-state index contributed by atoms with van der Waals surface area (Å²) >= 11 is 1.59. The molecule has 0 saturated carbocycles. The number of nitrogen functional groups attached to an aromatic ring is 1. The zero-order chi connectivity index (χ0) is 11.0. The largest absolute Gasteiger partial charge is 0.382 e. The number of thiophene rings is 1. The van der Waals surface area contributed by atoms with Crippen LogP contribution < -0.4 is 5.73 Å². The molecule has 0 aliphatic heterocycles. The van der Waals surface area contributed by atoms with Crippen molar-refractivity contribution in [2.24, 2.45) is 0 Å². The Morgan fingerprint density at radius 2 is 2.00 bits per heavy atom. The van der Waals surface area contributed by atoms with Crippen molar-refractivity contribution < 1.29 is 0 Å². The molecule has 0 aliphatic rings. The van der Waals surface area contributed by atoms with Gasteiger partial charge < -0.3 is 5.73 Å². The molecule has 17 heavy (non-hydrogen) atoms. The second-order valence-electron chi connectivity index (χ2n) is 3.28. The van der Waals surface area contributed by atoms with Gasteiger partial charge in [-0.15, -0.1) is 23.7 Å². The van der Waals surface area contributed by atoms with E-state index in [9.17, 15) is 0 Å². The van der Waals surface area contributed by atoms with E-state index in [1.54, 1.807) is 17.5 Å². The number of halogens is 1. The van der Waals surface area contributed by atoms with Crippen LogP contribution in [0.2, 0.25) is 0 Å². The first-order chi connectivity index (χ1) is 7.84. The van der Waals surface area contributed by atoms with Gasteiger partial charge in [0.25, 0.3) is 0 Å². The number of nitrogens with zero attached hydrogens (tertiary/aromatic N) is 3. The molecule has 3 rings (SSSR count). The maximum atomic E-state index is 5.85. The highest BCUT2D eigenvalue weighted by atomic mass is 35.5. The summed E-state index contributed by atoms with van der Waals surface area (Å²) in [6, 6.07) is 7.67. The summed E-state index contributed by atoms with van der Waals surface area (Å²) in [6.07, 6.45) is 1.69. The third kappa shape index (κ3) is 2.07. The Labute approximate surface area is 108 Å². The fourth-order valence-corrected chi connectivity index (χ4v) is 2.16. The Hall–Kier alpha value is -1.72. The van der Waals surface area contributed by atoms with Gasteiger partial charge in [-0.05, 0) is 23.6 Å². The van der Waals surface area contributed by atoms with E-state index in [4.69, 9.17) is 5.73 Å². The lowest BCUT2D eigenvalue weighted by Gasteiger charge is -2.02. The Bertz CT molecular complexity index is 639. The van der Waals surface area contributed by atoms with Crippen molar-refractivity contribution in [3.63, 3.8) is 0 Å². The molecule has 0 atom stereocenters. The molecule has 2 N–H and O–H groups in total. The molecule has 3 aromatic heterocycles. The van der Waals surface area contributed by atoms with E-state index >= 15 is 0 Å². The van der Waals surface area contributed by atoms with Crippen LogP contribution >= 0.6 is 23.7 Å². The van der Waals surface area contributed by atoms with Crippen molar-refractivity contribution in [2.75, 3.05) is 5.73 Å². The van der Waals surface area contributed by atoms with Crippen molar-refractivity contribution in [1.82, 2.24) is 15.0 Å². The van der Waals surface area contributed by atoms with Crippen molar-refractivity contribution in [3.8, 4) is 10.7 Å². The first-order valence-electron chi connectivity index (χ1n) is 4.77. The number of hydrogen-bond acceptors (Lipinski definition) is 5. The standard InChI is InChI=1S/C11H8N4S.ClH/c12-10-9-7(3-1-5-13-9)14-11(15-10)8-4-2-6-16-8;/h1-6H,(H2,12,14,15);1H. The molecule has 0 fully saturated rings. The van der Waals surface area contributed by atoms with Gasteiger partial charge in [-0.2, -0.15) is 0 Å². The lowest BCUT2D eigenvalue weighted by molar-refractivity contribution is 1.22. The average Bonchev–Trinajstić information content (AvgIpc) is 2.82. The smallest absolute Gasteiger partial charge is 0.172 e. The zero-order valence-corrected chi connectivity index (χ0v) is 10.3. The van der Waals surface area contributed by atoms with Crippen LogP contribution in [0.25, 0.3) is 21.7 Å². The van der Waals surface area contributed by atoms with Gasteiger partial charge in [0.05, 0.1) is 10.4 Å². The maximum absolute atomic E-state index is 5.85. The molecular formula is C11H9ClN4S. The highest BCUT2D eigenvalue weighted by Crippen LogP contribution is 2.24. The molecule has 6 heteroatoms. The third-order valence-electron chi connectivity index (χ3n) is 2.22. The fraction of sp³-hybridized carbons (Fsp3) is 0. The summed E-state index contributed by atoms with van der Waals surface area (Å²) in [5, 5.41) is 1.99. The number of aromatic nitrogens is 3. The van der Waals surface area contributed by atoms with Gasteiger partial charge in [-0.25, -0.2) is 9.97 Å². The van der Waals surface area contributed by atoms with Crippen molar-refractivity contribution >= 4 is 40.6 Å². The molecule has 86 valence electrons. The molecule has 0 amide bonds. The van der Waals surface area contributed by atoms with Crippen LogP contribution in [0.3, 0.4) is 0 Å². The SMILES string of the molecule is Cl.Nc1nc(-c2cccs2)nc2cccnc12. The van der Waals surface area contributed by atoms with Crippen molar-refractivity contribution in [1.29, 1.82) is 0 Å². The van der Waals surface area contributed by atoms with Gasteiger partial charge >= 0.3 is 0 Å². The Balaban J connectivity index is 0.00000108. The van der Waals surface area contributed by atoms with Gasteiger partial charge in [-0.1, -0.05) is 6.07 Å². The minimum atomic E-state index is 0. The fourth-order valence-electron chi connectivity index (χ4n) is 1.51. The van der Waals surface area contributed by atoms with Crippen LogP contribution in [-0.4, -0.2) is 15.0 Å². The summed E-state index contributed by atoms with van der Waals surface area (Å²) < 4.78 is 0. The second kappa shape index (κ2) is 4.65. The average molecular weight is 265 g/mol. The third-order valence-corrected chi connectivity index (χ3v) is 3.09. The molecule has 0 radical (unpaired) electrons. The molecule has 0 unspecified atom stereocenters. The molecular weight excluding hydrogens is 256 g/mol. The van der Waals surface area contributed by atoms with E-state index in [2.05, 4.69) is 15.0 Å². The van der Waals surface area contributed by atoms with Gasteiger partial charge in [0.2, 0.25) is 0 Å². The summed E-state index contributed by atoms with van der Waals surface area (Å²) in [7, 11) is 0. The topological polar surface area (TPSA) is 64.7 Å². The van der Waals surface area contributed by atoms with Crippen LogP contribution in [0.15, 0.2) is 35.8 Å². The van der Waals surface area contributed by atoms with Gasteiger partial charge in [0.1, 0.15) is 5.52 Å². The van der Waals surface area contributed by atoms with Crippen LogP contribution in [0.4, 0.5) is 5.82 Å². The normalized spacial score (nSPS) is 10.1. The number of anilines is 1. The molecule has 0 aliphatic carbocycles. The van der Waals surface area contributed by atoms with Gasteiger partial charge in [0.15, 0.2) is 11.6 Å². The van der Waals surface area contributed by atoms with Crippen LogP contribution in [0.5, 0.6) is 0 Å². The highest BCUT2D eigenvalue weighted by molar-refractivity contribution is 7.13. The molecule has 3 heterocycles. The quantitative estimate of drug-likeness (QED) is 0.734. The lowest BCUT2D eigenvalue weighted by Crippen LogP contribution is -1.98. The summed E-state index contributed by atoms with van der Waals surface area (Å²) in [5.74, 6) is 1.09. The molecule has 0 saturated heterocycles. The predicted octanol–water partition coefficient (Wildman–Crippen LogP) is 2.76. The number of rotatable bonds is 1. The van der Waals surface area contributed by atoms with Crippen LogP contribution in [-0.2, 0) is 0 Å². The molecule has 0 spiro atoms. The first-order valence-corrected chi connectivity index (χ1v) is 5.65. The summed E-state index contributed by atoms with van der Waals surface area (Å²) in [5.41, 5.74) is 7.29. The minimum Gasteiger partial charge on any atom is -0.382 e. The molecule has 3 aromatic rings. The van der Waals surface area contributed by atoms with E-state index in [1.165, 1.54) is 0 Å². The molecule has 0 bridgehead atoms. The lowest BCUT2D eigenvalue weighted by atomic mass is 10.3. The number of hydrogen-bond donors (Lipinski definition) is 1. The first kappa shape index (κ1) is 11.8. The highest BCUT2D eigenvalue weighted by Gasteiger charge is 2.07. The summed E-state index contributed by atoms with van der Waals surface area (Å²) in [6.45, 7) is 0. The van der Waals surface area contributed by atoms with E-state index in [1.807, 2.05) is 29.6 Å². The van der Waals surface area contributed by atoms with E-state index < -0.39 is 0 Å². The van der Waals surface area contributed by atoms with E-state index in [0.29, 0.717) is 17.2 Å². The van der Waals surface area contributed by atoms with E-state index in [-0.39, 0.29) is 12.4 Å². The van der Waals surface area contributed by atoms with E-state index in [0.717, 1.165) is 10.4 Å². The van der Waals surface area contributed by atoms with Crippen molar-refractivity contribution in [3.05, 3.63) is 35.8 Å². The summed E-state index contributed by atoms with van der Waals surface area (Å²) in [4.78, 5) is 13.9. The van der Waals surface area contributed by atoms with Crippen molar-refractivity contribution in [2.45, 2.75) is 0 Å². The van der Waals surface area contributed by atoms with Crippen LogP contribution in [0.1, 0.15) is 0 Å². The van der Waals surface area contributed by atoms with Gasteiger partial charge in [-0.3, -0.25) is 4.98 Å².